The summed E-state index contributed by atoms with van der Waals surface area (Å²) in [5, 5.41) is 0. The molecule has 0 unspecified atom stereocenters. The van der Waals surface area contributed by atoms with Crippen LogP contribution in [0.5, 0.6) is 0 Å². The molecule has 3 heteroatoms. The summed E-state index contributed by atoms with van der Waals surface area (Å²) >= 11 is 0. The van der Waals surface area contributed by atoms with Crippen LogP contribution >= 0.6 is 0 Å². The lowest BCUT2D eigenvalue weighted by Crippen LogP contribution is -2.33. The highest BCUT2D eigenvalue weighted by Gasteiger charge is 2.20. The summed E-state index contributed by atoms with van der Waals surface area (Å²) in [6.45, 7) is 4.56. The molecule has 0 radical (unpaired) electrons. The Labute approximate surface area is 104 Å². The van der Waals surface area contributed by atoms with Crippen LogP contribution in [0.1, 0.15) is 32.3 Å². The summed E-state index contributed by atoms with van der Waals surface area (Å²) in [7, 11) is 1.83. The number of amides is 1. The van der Waals surface area contributed by atoms with Crippen molar-refractivity contribution in [1.82, 2.24) is 0 Å². The van der Waals surface area contributed by atoms with Gasteiger partial charge in [-0.25, -0.2) is 0 Å². The van der Waals surface area contributed by atoms with E-state index in [1.807, 2.05) is 31.3 Å². The maximum atomic E-state index is 12.3. The number of rotatable bonds is 5. The van der Waals surface area contributed by atoms with Gasteiger partial charge in [0.1, 0.15) is 0 Å². The van der Waals surface area contributed by atoms with Gasteiger partial charge in [-0.3, -0.25) is 4.79 Å². The summed E-state index contributed by atoms with van der Waals surface area (Å²) in [5.41, 5.74) is 7.62. The molecule has 0 bridgehead atoms. The summed E-state index contributed by atoms with van der Waals surface area (Å²) in [6.07, 6.45) is 1.76. The Bertz CT molecular complexity index is 372. The Hall–Kier alpha value is -1.35. The number of nitrogens with two attached hydrogens (primary N) is 1. The molecular formula is C14H22N2O. The predicted molar refractivity (Wildman–Crippen MR) is 71.8 cm³/mol. The number of hydrogen-bond donors (Lipinski definition) is 1. The van der Waals surface area contributed by atoms with Crippen molar-refractivity contribution in [1.29, 1.82) is 0 Å². The van der Waals surface area contributed by atoms with Crippen LogP contribution in [0, 0.1) is 5.92 Å². The second-order valence-corrected chi connectivity index (χ2v) is 4.24. The molecule has 0 aliphatic carbocycles. The third kappa shape index (κ3) is 3.07. The van der Waals surface area contributed by atoms with Gasteiger partial charge in [0.05, 0.1) is 0 Å². The predicted octanol–water partition coefficient (Wildman–Crippen LogP) is 2.54. The van der Waals surface area contributed by atoms with Gasteiger partial charge in [0.15, 0.2) is 0 Å². The molecule has 3 nitrogen and oxygen atoms in total. The molecule has 1 amide bonds. The molecule has 1 rings (SSSR count). The Balaban J connectivity index is 2.95. The summed E-state index contributed by atoms with van der Waals surface area (Å²) in [6, 6.07) is 7.79. The van der Waals surface area contributed by atoms with E-state index in [0.29, 0.717) is 6.54 Å². The van der Waals surface area contributed by atoms with Crippen LogP contribution in [0.25, 0.3) is 0 Å². The Morgan fingerprint density at radius 2 is 1.88 bits per heavy atom. The van der Waals surface area contributed by atoms with Crippen LogP contribution in [0.2, 0.25) is 0 Å². The minimum Gasteiger partial charge on any atom is -0.326 e. The van der Waals surface area contributed by atoms with E-state index >= 15 is 0 Å². The van der Waals surface area contributed by atoms with E-state index in [0.717, 1.165) is 24.1 Å². The van der Waals surface area contributed by atoms with Crippen LogP contribution in [0.15, 0.2) is 24.3 Å². The average molecular weight is 234 g/mol. The Morgan fingerprint density at radius 1 is 1.29 bits per heavy atom. The van der Waals surface area contributed by atoms with Gasteiger partial charge in [-0.15, -0.1) is 0 Å². The van der Waals surface area contributed by atoms with E-state index in [1.54, 1.807) is 4.90 Å². The van der Waals surface area contributed by atoms with Crippen molar-refractivity contribution in [3.63, 3.8) is 0 Å². The highest BCUT2D eigenvalue weighted by Crippen LogP contribution is 2.22. The SMILES string of the molecule is CCC(CC)C(=O)N(C)c1ccccc1CN. The molecule has 0 saturated heterocycles. The molecule has 2 N–H and O–H groups in total. The Kier molecular flexibility index (Phi) is 5.16. The van der Waals surface area contributed by atoms with E-state index in [4.69, 9.17) is 5.73 Å². The van der Waals surface area contributed by atoms with Crippen LogP contribution in [0.3, 0.4) is 0 Å². The molecule has 0 aliphatic rings. The number of hydrogen-bond acceptors (Lipinski definition) is 2. The van der Waals surface area contributed by atoms with Crippen molar-refractivity contribution in [2.75, 3.05) is 11.9 Å². The molecular weight excluding hydrogens is 212 g/mol. The molecule has 0 atom stereocenters. The second-order valence-electron chi connectivity index (χ2n) is 4.24. The molecule has 0 spiro atoms. The molecule has 1 aromatic carbocycles. The smallest absolute Gasteiger partial charge is 0.229 e. The fourth-order valence-electron chi connectivity index (χ4n) is 2.04. The zero-order valence-electron chi connectivity index (χ0n) is 10.9. The van der Waals surface area contributed by atoms with Crippen molar-refractivity contribution in [2.24, 2.45) is 11.7 Å². The van der Waals surface area contributed by atoms with Crippen LogP contribution < -0.4 is 10.6 Å². The zero-order valence-corrected chi connectivity index (χ0v) is 10.9. The lowest BCUT2D eigenvalue weighted by atomic mass is 10.0. The monoisotopic (exact) mass is 234 g/mol. The lowest BCUT2D eigenvalue weighted by Gasteiger charge is -2.24. The number of anilines is 1. The molecule has 0 saturated carbocycles. The molecule has 1 aromatic rings. The third-order valence-electron chi connectivity index (χ3n) is 3.24. The van der Waals surface area contributed by atoms with Gasteiger partial charge in [-0.1, -0.05) is 32.0 Å². The number of carbonyl (C=O) groups excluding carboxylic acids is 1. The fraction of sp³-hybridized carbons (Fsp3) is 0.500. The first kappa shape index (κ1) is 13.7. The molecule has 0 fully saturated rings. The zero-order chi connectivity index (χ0) is 12.8. The number of nitrogens with zero attached hydrogens (tertiary/aromatic N) is 1. The van der Waals surface area contributed by atoms with Crippen molar-refractivity contribution in [3.05, 3.63) is 29.8 Å². The van der Waals surface area contributed by atoms with E-state index in [1.165, 1.54) is 0 Å². The van der Waals surface area contributed by atoms with Crippen molar-refractivity contribution >= 4 is 11.6 Å². The second kappa shape index (κ2) is 6.40. The first-order valence-electron chi connectivity index (χ1n) is 6.21. The van der Waals surface area contributed by atoms with Crippen molar-refractivity contribution in [3.8, 4) is 0 Å². The topological polar surface area (TPSA) is 46.3 Å². The van der Waals surface area contributed by atoms with E-state index < -0.39 is 0 Å². The largest absolute Gasteiger partial charge is 0.326 e. The maximum absolute atomic E-state index is 12.3. The van der Waals surface area contributed by atoms with Gasteiger partial charge >= 0.3 is 0 Å². The first-order valence-corrected chi connectivity index (χ1v) is 6.21. The normalized spacial score (nSPS) is 10.6. The Morgan fingerprint density at radius 3 is 2.41 bits per heavy atom. The summed E-state index contributed by atoms with van der Waals surface area (Å²) in [4.78, 5) is 14.0. The van der Waals surface area contributed by atoms with Gasteiger partial charge in [-0.05, 0) is 24.5 Å². The maximum Gasteiger partial charge on any atom is 0.229 e. The first-order chi connectivity index (χ1) is 8.15. The minimum absolute atomic E-state index is 0.103. The van der Waals surface area contributed by atoms with E-state index in [-0.39, 0.29) is 11.8 Å². The van der Waals surface area contributed by atoms with Gasteiger partial charge in [0.2, 0.25) is 5.91 Å². The van der Waals surface area contributed by atoms with Crippen molar-refractivity contribution in [2.45, 2.75) is 33.2 Å². The van der Waals surface area contributed by atoms with Crippen LogP contribution in [-0.4, -0.2) is 13.0 Å². The third-order valence-corrected chi connectivity index (χ3v) is 3.24. The highest BCUT2D eigenvalue weighted by molar-refractivity contribution is 5.95. The molecule has 0 aliphatic heterocycles. The highest BCUT2D eigenvalue weighted by atomic mass is 16.2. The van der Waals surface area contributed by atoms with E-state index in [2.05, 4.69) is 13.8 Å². The van der Waals surface area contributed by atoms with Gasteiger partial charge in [0, 0.05) is 25.2 Å². The number of para-hydroxylation sites is 1. The lowest BCUT2D eigenvalue weighted by molar-refractivity contribution is -0.122. The molecule has 0 heterocycles. The van der Waals surface area contributed by atoms with E-state index in [9.17, 15) is 4.79 Å². The molecule has 17 heavy (non-hydrogen) atoms. The van der Waals surface area contributed by atoms with Gasteiger partial charge < -0.3 is 10.6 Å². The summed E-state index contributed by atoms with van der Waals surface area (Å²) in [5.74, 6) is 0.279. The van der Waals surface area contributed by atoms with Crippen molar-refractivity contribution < 1.29 is 4.79 Å². The minimum atomic E-state index is 0.103. The average Bonchev–Trinajstić information content (AvgIpc) is 2.39. The number of benzene rings is 1. The standard InChI is InChI=1S/C14H22N2O/c1-4-11(5-2)14(17)16(3)13-9-7-6-8-12(13)10-15/h6-9,11H,4-5,10,15H2,1-3H3. The fourth-order valence-corrected chi connectivity index (χ4v) is 2.04. The van der Waals surface area contributed by atoms with Gasteiger partial charge in [0.25, 0.3) is 0 Å². The van der Waals surface area contributed by atoms with Crippen LogP contribution in [-0.2, 0) is 11.3 Å². The van der Waals surface area contributed by atoms with Gasteiger partial charge in [-0.2, -0.15) is 0 Å². The molecule has 94 valence electrons. The summed E-state index contributed by atoms with van der Waals surface area (Å²) < 4.78 is 0. The number of carbonyl (C=O) groups is 1. The van der Waals surface area contributed by atoms with Crippen LogP contribution in [0.4, 0.5) is 5.69 Å². The molecule has 0 aromatic heterocycles. The quantitative estimate of drug-likeness (QED) is 0.851.